The molecule has 0 radical (unpaired) electrons. The highest BCUT2D eigenvalue weighted by atomic mass is 16.5. The van der Waals surface area contributed by atoms with Crippen molar-refractivity contribution in [3.05, 3.63) is 29.8 Å². The number of methoxy groups -OCH3 is 1. The number of amides is 1. The van der Waals surface area contributed by atoms with Gasteiger partial charge >= 0.3 is 0 Å². The van der Waals surface area contributed by atoms with Crippen LogP contribution < -0.4 is 9.64 Å². The summed E-state index contributed by atoms with van der Waals surface area (Å²) < 4.78 is 11.0. The Morgan fingerprint density at radius 3 is 2.22 bits per heavy atom. The lowest BCUT2D eigenvalue weighted by Crippen LogP contribution is -2.33. The zero-order valence-electron chi connectivity index (χ0n) is 15.9. The zero-order valence-corrected chi connectivity index (χ0v) is 15.9. The highest BCUT2D eigenvalue weighted by Crippen LogP contribution is 2.35. The van der Waals surface area contributed by atoms with Crippen LogP contribution in [0.1, 0.15) is 48.9 Å². The number of aromatic nitrogens is 1. The van der Waals surface area contributed by atoms with Gasteiger partial charge in [-0.25, -0.2) is 0 Å². The minimum absolute atomic E-state index is 0.0471. The van der Waals surface area contributed by atoms with Crippen molar-refractivity contribution in [2.75, 3.05) is 38.2 Å². The SMILES string of the molecule is COc1ccc(-c2onc(N3CCCC3)c2C(=O)N2CCCCCC2)cc1. The maximum absolute atomic E-state index is 13.5. The fraction of sp³-hybridized carbons (Fsp3) is 0.524. The molecule has 2 aliphatic rings. The third kappa shape index (κ3) is 3.66. The number of nitrogens with zero attached hydrogens (tertiary/aromatic N) is 3. The predicted octanol–water partition coefficient (Wildman–Crippen LogP) is 3.97. The summed E-state index contributed by atoms with van der Waals surface area (Å²) in [7, 11) is 1.64. The molecule has 4 rings (SSSR count). The summed E-state index contributed by atoms with van der Waals surface area (Å²) in [4.78, 5) is 17.6. The topological polar surface area (TPSA) is 58.8 Å². The predicted molar refractivity (Wildman–Crippen MR) is 104 cm³/mol. The van der Waals surface area contributed by atoms with E-state index in [1.165, 1.54) is 12.8 Å². The lowest BCUT2D eigenvalue weighted by Gasteiger charge is -2.22. The van der Waals surface area contributed by atoms with Crippen molar-refractivity contribution in [1.29, 1.82) is 0 Å². The molecule has 1 aromatic carbocycles. The van der Waals surface area contributed by atoms with Crippen LogP contribution in [-0.4, -0.2) is 49.3 Å². The molecular formula is C21H27N3O3. The fourth-order valence-corrected chi connectivity index (χ4v) is 3.99. The standard InChI is InChI=1S/C21H27N3O3/c1-26-17-10-8-16(9-11-17)19-18(20(22-27-19)23-12-6-7-13-23)21(25)24-14-4-2-3-5-15-24/h8-11H,2-7,12-15H2,1H3. The zero-order chi connectivity index (χ0) is 18.6. The van der Waals surface area contributed by atoms with Gasteiger partial charge < -0.3 is 19.1 Å². The van der Waals surface area contributed by atoms with Crippen molar-refractivity contribution >= 4 is 11.7 Å². The molecule has 1 aromatic heterocycles. The largest absolute Gasteiger partial charge is 0.497 e. The first kappa shape index (κ1) is 17.9. The van der Waals surface area contributed by atoms with E-state index in [2.05, 4.69) is 10.1 Å². The summed E-state index contributed by atoms with van der Waals surface area (Å²) in [5.74, 6) is 2.09. The van der Waals surface area contributed by atoms with Crippen LogP contribution in [0.4, 0.5) is 5.82 Å². The van der Waals surface area contributed by atoms with Gasteiger partial charge in [0, 0.05) is 31.7 Å². The van der Waals surface area contributed by atoms with Crippen LogP contribution in [0.15, 0.2) is 28.8 Å². The molecule has 144 valence electrons. The van der Waals surface area contributed by atoms with E-state index < -0.39 is 0 Å². The summed E-state index contributed by atoms with van der Waals surface area (Å²) in [6.45, 7) is 3.47. The van der Waals surface area contributed by atoms with E-state index in [-0.39, 0.29) is 5.91 Å². The molecule has 27 heavy (non-hydrogen) atoms. The lowest BCUT2D eigenvalue weighted by atomic mass is 10.1. The molecule has 2 aromatic rings. The Balaban J connectivity index is 1.73. The number of hydrogen-bond acceptors (Lipinski definition) is 5. The van der Waals surface area contributed by atoms with Crippen LogP contribution in [-0.2, 0) is 0 Å². The van der Waals surface area contributed by atoms with Gasteiger partial charge in [-0.15, -0.1) is 0 Å². The molecule has 2 saturated heterocycles. The van der Waals surface area contributed by atoms with Gasteiger partial charge in [0.2, 0.25) is 0 Å². The molecule has 0 atom stereocenters. The number of hydrogen-bond donors (Lipinski definition) is 0. The molecule has 6 nitrogen and oxygen atoms in total. The molecule has 0 spiro atoms. The summed E-state index contributed by atoms with van der Waals surface area (Å²) in [6.07, 6.45) is 6.77. The molecule has 0 bridgehead atoms. The van der Waals surface area contributed by atoms with E-state index in [1.807, 2.05) is 29.2 Å². The Morgan fingerprint density at radius 1 is 0.963 bits per heavy atom. The molecule has 0 unspecified atom stereocenters. The van der Waals surface area contributed by atoms with E-state index in [1.54, 1.807) is 7.11 Å². The van der Waals surface area contributed by atoms with Crippen LogP contribution in [0, 0.1) is 0 Å². The van der Waals surface area contributed by atoms with Crippen LogP contribution in [0.2, 0.25) is 0 Å². The highest BCUT2D eigenvalue weighted by molar-refractivity contribution is 6.04. The summed E-state index contributed by atoms with van der Waals surface area (Å²) in [6, 6.07) is 7.61. The Kier molecular flexibility index (Phi) is 5.32. The van der Waals surface area contributed by atoms with Crippen molar-refractivity contribution in [3.63, 3.8) is 0 Å². The maximum Gasteiger partial charge on any atom is 0.261 e. The van der Waals surface area contributed by atoms with Crippen LogP contribution >= 0.6 is 0 Å². The van der Waals surface area contributed by atoms with Crippen molar-refractivity contribution in [3.8, 4) is 17.1 Å². The lowest BCUT2D eigenvalue weighted by molar-refractivity contribution is 0.0762. The minimum atomic E-state index is 0.0471. The summed E-state index contributed by atoms with van der Waals surface area (Å²) in [5.41, 5.74) is 1.47. The quantitative estimate of drug-likeness (QED) is 0.816. The van der Waals surface area contributed by atoms with Crippen molar-refractivity contribution < 1.29 is 14.1 Å². The molecular weight excluding hydrogens is 342 g/mol. The van der Waals surface area contributed by atoms with E-state index >= 15 is 0 Å². The number of carbonyl (C=O) groups excluding carboxylic acids is 1. The first-order valence-corrected chi connectivity index (χ1v) is 9.96. The third-order valence-corrected chi connectivity index (χ3v) is 5.54. The maximum atomic E-state index is 13.5. The highest BCUT2D eigenvalue weighted by Gasteiger charge is 2.32. The summed E-state index contributed by atoms with van der Waals surface area (Å²) in [5, 5.41) is 4.33. The minimum Gasteiger partial charge on any atom is -0.497 e. The van der Waals surface area contributed by atoms with Gasteiger partial charge in [-0.05, 0) is 49.9 Å². The van der Waals surface area contributed by atoms with Gasteiger partial charge in [-0.3, -0.25) is 4.79 Å². The Morgan fingerprint density at radius 2 is 1.59 bits per heavy atom. The third-order valence-electron chi connectivity index (χ3n) is 5.54. The van der Waals surface area contributed by atoms with E-state index in [9.17, 15) is 4.79 Å². The number of rotatable bonds is 4. The molecule has 3 heterocycles. The van der Waals surface area contributed by atoms with Crippen molar-refractivity contribution in [2.45, 2.75) is 38.5 Å². The number of likely N-dealkylation sites (tertiary alicyclic amines) is 1. The number of ether oxygens (including phenoxy) is 1. The average molecular weight is 369 g/mol. The Labute approximate surface area is 160 Å². The van der Waals surface area contributed by atoms with E-state index in [0.717, 1.165) is 63.2 Å². The first-order valence-electron chi connectivity index (χ1n) is 9.96. The fourth-order valence-electron chi connectivity index (χ4n) is 3.99. The normalized spacial score (nSPS) is 17.8. The van der Waals surface area contributed by atoms with Gasteiger partial charge in [0.15, 0.2) is 11.6 Å². The monoisotopic (exact) mass is 369 g/mol. The second-order valence-corrected chi connectivity index (χ2v) is 7.34. The van der Waals surface area contributed by atoms with Crippen LogP contribution in [0.5, 0.6) is 5.75 Å². The molecule has 2 aliphatic heterocycles. The first-order chi connectivity index (χ1) is 13.3. The Bertz CT molecular complexity index is 770. The van der Waals surface area contributed by atoms with Crippen molar-refractivity contribution in [1.82, 2.24) is 10.1 Å². The Hall–Kier alpha value is -2.50. The molecule has 0 saturated carbocycles. The second-order valence-electron chi connectivity index (χ2n) is 7.34. The van der Waals surface area contributed by atoms with Crippen LogP contribution in [0.25, 0.3) is 11.3 Å². The van der Waals surface area contributed by atoms with Gasteiger partial charge in [-0.2, -0.15) is 0 Å². The second kappa shape index (κ2) is 8.03. The van der Waals surface area contributed by atoms with Gasteiger partial charge in [-0.1, -0.05) is 18.0 Å². The molecule has 6 heteroatoms. The van der Waals surface area contributed by atoms with Crippen LogP contribution in [0.3, 0.4) is 0 Å². The van der Waals surface area contributed by atoms with E-state index in [0.29, 0.717) is 17.1 Å². The van der Waals surface area contributed by atoms with Gasteiger partial charge in [0.1, 0.15) is 11.3 Å². The van der Waals surface area contributed by atoms with E-state index in [4.69, 9.17) is 9.26 Å². The van der Waals surface area contributed by atoms with Crippen molar-refractivity contribution in [2.24, 2.45) is 0 Å². The molecule has 2 fully saturated rings. The van der Waals surface area contributed by atoms with Gasteiger partial charge in [0.25, 0.3) is 5.91 Å². The van der Waals surface area contributed by atoms with Gasteiger partial charge in [0.05, 0.1) is 7.11 Å². The molecule has 1 amide bonds. The summed E-state index contributed by atoms with van der Waals surface area (Å²) >= 11 is 0. The smallest absolute Gasteiger partial charge is 0.261 e. The molecule has 0 aliphatic carbocycles. The average Bonchev–Trinajstić information content (AvgIpc) is 3.31. The number of anilines is 1. The molecule has 0 N–H and O–H groups in total. The number of carbonyl (C=O) groups is 1. The number of benzene rings is 1.